The number of rotatable bonds is 11. The van der Waals surface area contributed by atoms with Gasteiger partial charge in [0.2, 0.25) is 4.96 Å². The van der Waals surface area contributed by atoms with E-state index in [-0.39, 0.29) is 5.56 Å². The molecule has 0 N–H and O–H groups in total. The highest BCUT2D eigenvalue weighted by atomic mass is 35.5. The Balaban J connectivity index is 1.35. The van der Waals surface area contributed by atoms with Crippen LogP contribution in [-0.2, 0) is 0 Å². The number of aromatic nitrogens is 5. The van der Waals surface area contributed by atoms with E-state index in [0.717, 1.165) is 35.2 Å². The molecule has 0 bridgehead atoms. The van der Waals surface area contributed by atoms with Gasteiger partial charge in [-0.15, -0.1) is 5.10 Å². The van der Waals surface area contributed by atoms with Crippen LogP contribution < -0.4 is 24.3 Å². The van der Waals surface area contributed by atoms with E-state index in [1.165, 1.54) is 15.9 Å². The summed E-state index contributed by atoms with van der Waals surface area (Å²) in [5.74, 6) is 2.32. The van der Waals surface area contributed by atoms with Crippen LogP contribution in [0.1, 0.15) is 36.7 Å². The number of ether oxygens (including phenoxy) is 3. The molecular formula is C34H30ClN5O4S. The number of para-hydroxylation sites is 1. The van der Waals surface area contributed by atoms with E-state index in [1.807, 2.05) is 85.1 Å². The van der Waals surface area contributed by atoms with Crippen LogP contribution in [0.3, 0.4) is 0 Å². The average Bonchev–Trinajstić information content (AvgIpc) is 3.75. The zero-order chi connectivity index (χ0) is 31.3. The topological polar surface area (TPSA) is 92.8 Å². The van der Waals surface area contributed by atoms with Gasteiger partial charge in [0.25, 0.3) is 5.56 Å². The van der Waals surface area contributed by atoms with Crippen LogP contribution in [0.4, 0.5) is 0 Å². The lowest BCUT2D eigenvalue weighted by atomic mass is 10.1. The fourth-order valence-electron chi connectivity index (χ4n) is 4.71. The Kier molecular flexibility index (Phi) is 8.95. The second-order valence-electron chi connectivity index (χ2n) is 10.1. The highest BCUT2D eigenvalue weighted by Gasteiger charge is 2.15. The zero-order valence-corrected chi connectivity index (χ0v) is 26.5. The van der Waals surface area contributed by atoms with Gasteiger partial charge in [-0.2, -0.15) is 14.6 Å². The van der Waals surface area contributed by atoms with Gasteiger partial charge < -0.3 is 14.2 Å². The molecular weight excluding hydrogens is 610 g/mol. The summed E-state index contributed by atoms with van der Waals surface area (Å²) >= 11 is 7.88. The third kappa shape index (κ3) is 6.47. The Bertz CT molecular complexity index is 2100. The molecule has 0 aliphatic heterocycles. The normalized spacial score (nSPS) is 12.0. The lowest BCUT2D eigenvalue weighted by molar-refractivity contribution is 0.309. The van der Waals surface area contributed by atoms with Crippen molar-refractivity contribution in [3.63, 3.8) is 0 Å². The molecule has 0 radical (unpaired) electrons. The molecule has 0 spiro atoms. The van der Waals surface area contributed by atoms with Crippen molar-refractivity contribution in [1.82, 2.24) is 24.4 Å². The Morgan fingerprint density at radius 3 is 2.47 bits per heavy atom. The number of unbranched alkanes of at least 4 members (excludes halogenated alkanes) is 1. The summed E-state index contributed by atoms with van der Waals surface area (Å²) in [4.78, 5) is 18.5. The molecule has 0 fully saturated rings. The molecule has 0 atom stereocenters. The largest absolute Gasteiger partial charge is 0.493 e. The van der Waals surface area contributed by atoms with E-state index in [9.17, 15) is 4.79 Å². The van der Waals surface area contributed by atoms with Gasteiger partial charge in [-0.05, 0) is 66.6 Å². The molecule has 0 saturated heterocycles. The Hall–Kier alpha value is -4.93. The second kappa shape index (κ2) is 13.4. The maximum absolute atomic E-state index is 13.4. The van der Waals surface area contributed by atoms with Crippen molar-refractivity contribution in [2.45, 2.75) is 19.8 Å². The smallest absolute Gasteiger partial charge is 0.291 e. The first-order chi connectivity index (χ1) is 22.0. The molecule has 0 aliphatic rings. The Labute approximate surface area is 268 Å². The molecule has 0 aliphatic carbocycles. The molecule has 45 heavy (non-hydrogen) atoms. The number of benzene rings is 3. The molecule has 3 aromatic heterocycles. The fraction of sp³-hybridized carbons (Fsp3) is 0.176. The highest BCUT2D eigenvalue weighted by molar-refractivity contribution is 7.15. The maximum atomic E-state index is 13.4. The van der Waals surface area contributed by atoms with E-state index in [4.69, 9.17) is 30.9 Å². The number of halogens is 1. The van der Waals surface area contributed by atoms with Crippen molar-refractivity contribution in [2.24, 2.45) is 0 Å². The summed E-state index contributed by atoms with van der Waals surface area (Å²) in [6.45, 7) is 2.72. The predicted octanol–water partition coefficient (Wildman–Crippen LogP) is 6.57. The van der Waals surface area contributed by atoms with Gasteiger partial charge in [-0.3, -0.25) is 4.79 Å². The molecule has 6 aromatic rings. The molecule has 3 aromatic carbocycles. The SMILES string of the molecule is CCCCOc1ccc(-c2nn(-c3ccccc3)cc2/C=c2\sc3nc(/C=C/c4ccc(OC)c(OC)c4)nn3c2=O)cc1Cl. The van der Waals surface area contributed by atoms with Gasteiger partial charge in [0.15, 0.2) is 17.3 Å². The third-order valence-electron chi connectivity index (χ3n) is 7.04. The van der Waals surface area contributed by atoms with Crippen molar-refractivity contribution >= 4 is 46.1 Å². The van der Waals surface area contributed by atoms with Crippen LogP contribution in [0, 0.1) is 0 Å². The van der Waals surface area contributed by atoms with Crippen molar-refractivity contribution < 1.29 is 14.2 Å². The number of fused-ring (bicyclic) bond motifs is 1. The monoisotopic (exact) mass is 639 g/mol. The minimum atomic E-state index is -0.260. The van der Waals surface area contributed by atoms with Crippen molar-refractivity contribution in [2.75, 3.05) is 20.8 Å². The Morgan fingerprint density at radius 1 is 0.933 bits per heavy atom. The summed E-state index contributed by atoms with van der Waals surface area (Å²) in [6, 6.07) is 21.0. The summed E-state index contributed by atoms with van der Waals surface area (Å²) < 4.78 is 20.1. The second-order valence-corrected chi connectivity index (χ2v) is 11.5. The van der Waals surface area contributed by atoms with Gasteiger partial charge in [-0.1, -0.05) is 66.6 Å². The first-order valence-corrected chi connectivity index (χ1v) is 15.6. The maximum Gasteiger partial charge on any atom is 0.291 e. The molecule has 9 nitrogen and oxygen atoms in total. The minimum Gasteiger partial charge on any atom is -0.493 e. The predicted molar refractivity (Wildman–Crippen MR) is 179 cm³/mol. The van der Waals surface area contributed by atoms with E-state index < -0.39 is 0 Å². The van der Waals surface area contributed by atoms with E-state index >= 15 is 0 Å². The molecule has 0 amide bonds. The molecule has 11 heteroatoms. The van der Waals surface area contributed by atoms with Gasteiger partial charge in [0.05, 0.1) is 36.1 Å². The van der Waals surface area contributed by atoms with Crippen LogP contribution in [0.25, 0.3) is 40.1 Å². The van der Waals surface area contributed by atoms with Crippen LogP contribution in [0.15, 0.2) is 77.7 Å². The van der Waals surface area contributed by atoms with Gasteiger partial charge in [-0.25, -0.2) is 4.68 Å². The quantitative estimate of drug-likeness (QED) is 0.148. The average molecular weight is 640 g/mol. The first-order valence-electron chi connectivity index (χ1n) is 14.4. The third-order valence-corrected chi connectivity index (χ3v) is 8.30. The lowest BCUT2D eigenvalue weighted by Gasteiger charge is -2.09. The lowest BCUT2D eigenvalue weighted by Crippen LogP contribution is -2.23. The Morgan fingerprint density at radius 2 is 1.73 bits per heavy atom. The van der Waals surface area contributed by atoms with Gasteiger partial charge >= 0.3 is 0 Å². The number of hydrogen-bond donors (Lipinski definition) is 0. The molecule has 6 rings (SSSR count). The molecule has 228 valence electrons. The summed E-state index contributed by atoms with van der Waals surface area (Å²) in [6.07, 6.45) is 9.32. The summed E-state index contributed by atoms with van der Waals surface area (Å²) in [5, 5.41) is 9.82. The highest BCUT2D eigenvalue weighted by Crippen LogP contribution is 2.32. The number of thiazole rings is 1. The van der Waals surface area contributed by atoms with Crippen LogP contribution in [0.5, 0.6) is 17.2 Å². The van der Waals surface area contributed by atoms with Gasteiger partial charge in [0.1, 0.15) is 11.4 Å². The summed E-state index contributed by atoms with van der Waals surface area (Å²) in [5.41, 5.74) is 3.75. The van der Waals surface area contributed by atoms with Crippen molar-refractivity contribution in [3.8, 4) is 34.2 Å². The van der Waals surface area contributed by atoms with Gasteiger partial charge in [0, 0.05) is 17.3 Å². The van der Waals surface area contributed by atoms with Crippen LogP contribution in [0.2, 0.25) is 5.02 Å². The minimum absolute atomic E-state index is 0.260. The molecule has 0 saturated carbocycles. The molecule has 3 heterocycles. The van der Waals surface area contributed by atoms with Crippen molar-refractivity contribution in [3.05, 3.63) is 110 Å². The first kappa shape index (κ1) is 30.1. The van der Waals surface area contributed by atoms with E-state index in [0.29, 0.717) is 49.9 Å². The van der Waals surface area contributed by atoms with Crippen LogP contribution in [-0.4, -0.2) is 45.2 Å². The standard InChI is InChI=1S/C34H30ClN5O4S/c1-4-5-17-44-27-15-13-23(19-26(27)35)32-24(21-39(38-32)25-9-7-6-8-10-25)20-30-33(41)40-34(45-30)36-31(37-40)16-12-22-11-14-28(42-2)29(18-22)43-3/h6-16,18-21H,4-5,17H2,1-3H3/b16-12+,30-20-. The van der Waals surface area contributed by atoms with E-state index in [1.54, 1.807) is 25.0 Å². The molecule has 0 unspecified atom stereocenters. The number of nitrogens with zero attached hydrogens (tertiary/aromatic N) is 5. The van der Waals surface area contributed by atoms with Crippen LogP contribution >= 0.6 is 22.9 Å². The van der Waals surface area contributed by atoms with E-state index in [2.05, 4.69) is 17.0 Å². The number of methoxy groups -OCH3 is 2. The zero-order valence-electron chi connectivity index (χ0n) is 24.9. The fourth-order valence-corrected chi connectivity index (χ4v) is 5.85. The van der Waals surface area contributed by atoms with Crippen molar-refractivity contribution in [1.29, 1.82) is 0 Å². The summed E-state index contributed by atoms with van der Waals surface area (Å²) in [7, 11) is 3.18. The number of hydrogen-bond acceptors (Lipinski definition) is 8.